The van der Waals surface area contributed by atoms with Crippen molar-refractivity contribution in [1.29, 1.82) is 0 Å². The molecule has 19 heavy (non-hydrogen) atoms. The molecule has 0 bridgehead atoms. The van der Waals surface area contributed by atoms with Crippen LogP contribution in [0.25, 0.3) is 0 Å². The van der Waals surface area contributed by atoms with Crippen molar-refractivity contribution < 1.29 is 9.90 Å². The first-order valence-corrected chi connectivity index (χ1v) is 6.96. The van der Waals surface area contributed by atoms with E-state index in [-0.39, 0.29) is 12.0 Å². The lowest BCUT2D eigenvalue weighted by molar-refractivity contribution is -0.116. The molecule has 2 rings (SSSR count). The summed E-state index contributed by atoms with van der Waals surface area (Å²) in [4.78, 5) is 13.9. The van der Waals surface area contributed by atoms with Gasteiger partial charge in [0.25, 0.3) is 0 Å². The molecule has 4 nitrogen and oxygen atoms in total. The van der Waals surface area contributed by atoms with Gasteiger partial charge in [-0.15, -0.1) is 0 Å². The molecule has 1 amide bonds. The minimum absolute atomic E-state index is 0.128. The van der Waals surface area contributed by atoms with Crippen molar-refractivity contribution in [3.8, 4) is 0 Å². The minimum atomic E-state index is -0.263. The molecule has 1 fully saturated rings. The number of amides is 1. The lowest BCUT2D eigenvalue weighted by Gasteiger charge is -2.15. The Kier molecular flexibility index (Phi) is 5.05. The number of anilines is 1. The molecule has 0 radical (unpaired) electrons. The number of hydrogen-bond donors (Lipinski definition) is 2. The van der Waals surface area contributed by atoms with Crippen LogP contribution in [0.1, 0.15) is 12.8 Å². The smallest absolute Gasteiger partial charge is 0.225 e. The Morgan fingerprint density at radius 2 is 2.11 bits per heavy atom. The largest absolute Gasteiger partial charge is 0.392 e. The molecule has 0 aliphatic carbocycles. The van der Waals surface area contributed by atoms with E-state index in [1.54, 1.807) is 18.2 Å². The summed E-state index contributed by atoms with van der Waals surface area (Å²) in [7, 11) is 0. The fraction of sp³-hybridized carbons (Fsp3) is 0.462. The van der Waals surface area contributed by atoms with Crippen LogP contribution in [0, 0.1) is 0 Å². The highest BCUT2D eigenvalue weighted by atomic mass is 35.5. The van der Waals surface area contributed by atoms with Gasteiger partial charge in [-0.05, 0) is 18.6 Å². The molecule has 2 N–H and O–H groups in total. The zero-order valence-corrected chi connectivity index (χ0v) is 11.9. The Bertz CT molecular complexity index is 448. The average Bonchev–Trinajstić information content (AvgIpc) is 2.77. The van der Waals surface area contributed by atoms with Crippen LogP contribution >= 0.6 is 23.2 Å². The highest BCUT2D eigenvalue weighted by Crippen LogP contribution is 2.29. The molecular weight excluding hydrogens is 287 g/mol. The Hall–Kier alpha value is -0.810. The summed E-state index contributed by atoms with van der Waals surface area (Å²) >= 11 is 12.0. The predicted octanol–water partition coefficient (Wildman–Crippen LogP) is 2.39. The van der Waals surface area contributed by atoms with Crippen molar-refractivity contribution in [2.45, 2.75) is 18.9 Å². The molecule has 0 spiro atoms. The lowest BCUT2D eigenvalue weighted by atomic mass is 10.3. The van der Waals surface area contributed by atoms with E-state index in [0.717, 1.165) is 13.0 Å². The van der Waals surface area contributed by atoms with E-state index in [0.29, 0.717) is 35.2 Å². The van der Waals surface area contributed by atoms with Gasteiger partial charge in [0.1, 0.15) is 0 Å². The Balaban J connectivity index is 1.84. The third kappa shape index (κ3) is 4.08. The summed E-state index contributed by atoms with van der Waals surface area (Å²) in [5, 5.41) is 13.0. The number of hydrogen-bond acceptors (Lipinski definition) is 3. The van der Waals surface area contributed by atoms with Crippen LogP contribution in [0.5, 0.6) is 0 Å². The molecule has 1 aliphatic rings. The number of likely N-dealkylation sites (tertiary alicyclic amines) is 1. The number of rotatable bonds is 4. The highest BCUT2D eigenvalue weighted by Gasteiger charge is 2.20. The lowest BCUT2D eigenvalue weighted by Crippen LogP contribution is -2.26. The van der Waals surface area contributed by atoms with E-state index in [4.69, 9.17) is 23.2 Å². The van der Waals surface area contributed by atoms with Gasteiger partial charge in [0.15, 0.2) is 0 Å². The van der Waals surface area contributed by atoms with E-state index in [1.807, 2.05) is 0 Å². The third-order valence-corrected chi connectivity index (χ3v) is 3.76. The van der Waals surface area contributed by atoms with Gasteiger partial charge in [-0.2, -0.15) is 0 Å². The number of para-hydroxylation sites is 1. The number of carbonyl (C=O) groups excluding carboxylic acids is 1. The monoisotopic (exact) mass is 302 g/mol. The second-order valence-electron chi connectivity index (χ2n) is 4.64. The van der Waals surface area contributed by atoms with E-state index in [2.05, 4.69) is 10.2 Å². The Morgan fingerprint density at radius 1 is 1.42 bits per heavy atom. The molecular formula is C13H16Cl2N2O2. The molecule has 1 atom stereocenters. The maximum absolute atomic E-state index is 11.8. The average molecular weight is 303 g/mol. The molecule has 1 aromatic rings. The van der Waals surface area contributed by atoms with Gasteiger partial charge in [0, 0.05) is 26.1 Å². The second-order valence-corrected chi connectivity index (χ2v) is 5.45. The Morgan fingerprint density at radius 3 is 2.68 bits per heavy atom. The summed E-state index contributed by atoms with van der Waals surface area (Å²) in [6, 6.07) is 5.09. The first-order chi connectivity index (χ1) is 9.06. The standard InChI is InChI=1S/C13H16Cl2N2O2/c14-10-2-1-3-11(15)13(10)16-12(19)5-7-17-6-4-9(18)8-17/h1-3,9,18H,4-8H2,(H,16,19)/t9-/m1/s1. The molecule has 0 aromatic heterocycles. The van der Waals surface area contributed by atoms with Crippen LogP contribution < -0.4 is 5.32 Å². The van der Waals surface area contributed by atoms with Gasteiger partial charge in [0.05, 0.1) is 21.8 Å². The first-order valence-electron chi connectivity index (χ1n) is 6.20. The quantitative estimate of drug-likeness (QED) is 0.898. The van der Waals surface area contributed by atoms with Crippen molar-refractivity contribution in [3.63, 3.8) is 0 Å². The van der Waals surface area contributed by atoms with E-state index in [9.17, 15) is 9.90 Å². The maximum Gasteiger partial charge on any atom is 0.225 e. The molecule has 0 saturated carbocycles. The maximum atomic E-state index is 11.8. The molecule has 6 heteroatoms. The number of β-amino-alcohol motifs (C(OH)–C–C–N with tert-alkyl or cyclic N) is 1. The van der Waals surface area contributed by atoms with Crippen LogP contribution in [-0.2, 0) is 4.79 Å². The minimum Gasteiger partial charge on any atom is -0.392 e. The zero-order chi connectivity index (χ0) is 13.8. The van der Waals surface area contributed by atoms with Crippen molar-refractivity contribution >= 4 is 34.8 Å². The van der Waals surface area contributed by atoms with Crippen LogP contribution in [0.2, 0.25) is 10.0 Å². The predicted molar refractivity (Wildman–Crippen MR) is 76.8 cm³/mol. The van der Waals surface area contributed by atoms with E-state index >= 15 is 0 Å². The number of halogens is 2. The van der Waals surface area contributed by atoms with Crippen molar-refractivity contribution in [2.24, 2.45) is 0 Å². The Labute approximate surface area is 122 Å². The van der Waals surface area contributed by atoms with Gasteiger partial charge in [-0.1, -0.05) is 29.3 Å². The zero-order valence-electron chi connectivity index (χ0n) is 10.4. The van der Waals surface area contributed by atoms with Crippen molar-refractivity contribution in [1.82, 2.24) is 4.90 Å². The van der Waals surface area contributed by atoms with Gasteiger partial charge in [0.2, 0.25) is 5.91 Å². The van der Waals surface area contributed by atoms with Crippen molar-refractivity contribution in [2.75, 3.05) is 25.0 Å². The topological polar surface area (TPSA) is 52.6 Å². The summed E-state index contributed by atoms with van der Waals surface area (Å²) < 4.78 is 0. The third-order valence-electron chi connectivity index (χ3n) is 3.13. The summed E-state index contributed by atoms with van der Waals surface area (Å²) in [5.41, 5.74) is 0.456. The van der Waals surface area contributed by atoms with Crippen LogP contribution in [0.3, 0.4) is 0 Å². The van der Waals surface area contributed by atoms with E-state index in [1.165, 1.54) is 0 Å². The first kappa shape index (κ1) is 14.6. The summed E-state index contributed by atoms with van der Waals surface area (Å²) in [6.45, 7) is 2.10. The number of carbonyl (C=O) groups is 1. The fourth-order valence-corrected chi connectivity index (χ4v) is 2.59. The molecule has 1 heterocycles. The number of nitrogens with zero attached hydrogens (tertiary/aromatic N) is 1. The summed E-state index contributed by atoms with van der Waals surface area (Å²) in [5.74, 6) is -0.128. The SMILES string of the molecule is O=C(CCN1CC[C@@H](O)C1)Nc1c(Cl)cccc1Cl. The number of aliphatic hydroxyl groups is 1. The highest BCUT2D eigenvalue weighted by molar-refractivity contribution is 6.39. The molecule has 1 aromatic carbocycles. The van der Waals surface area contributed by atoms with Crippen LogP contribution in [-0.4, -0.2) is 41.7 Å². The number of aliphatic hydroxyl groups excluding tert-OH is 1. The van der Waals surface area contributed by atoms with Crippen LogP contribution in [0.4, 0.5) is 5.69 Å². The van der Waals surface area contributed by atoms with Crippen LogP contribution in [0.15, 0.2) is 18.2 Å². The molecule has 1 aliphatic heterocycles. The van der Waals surface area contributed by atoms with Gasteiger partial charge in [-0.25, -0.2) is 0 Å². The number of nitrogens with one attached hydrogen (secondary N) is 1. The molecule has 0 unspecified atom stereocenters. The normalized spacial score (nSPS) is 19.6. The molecule has 1 saturated heterocycles. The molecule has 104 valence electrons. The second kappa shape index (κ2) is 6.57. The fourth-order valence-electron chi connectivity index (χ4n) is 2.09. The number of benzene rings is 1. The van der Waals surface area contributed by atoms with Gasteiger partial charge in [-0.3, -0.25) is 4.79 Å². The van der Waals surface area contributed by atoms with Gasteiger partial charge < -0.3 is 15.3 Å². The van der Waals surface area contributed by atoms with E-state index < -0.39 is 0 Å². The summed E-state index contributed by atoms with van der Waals surface area (Å²) in [6.07, 6.45) is 0.868. The van der Waals surface area contributed by atoms with Gasteiger partial charge >= 0.3 is 0 Å². The van der Waals surface area contributed by atoms with Crippen molar-refractivity contribution in [3.05, 3.63) is 28.2 Å².